The van der Waals surface area contributed by atoms with E-state index in [2.05, 4.69) is 10.6 Å². The molecule has 2 heterocycles. The van der Waals surface area contributed by atoms with E-state index in [1.807, 2.05) is 19.1 Å². The first-order chi connectivity index (χ1) is 11.5. The van der Waals surface area contributed by atoms with E-state index in [9.17, 15) is 9.59 Å². The van der Waals surface area contributed by atoms with Crippen LogP contribution in [0.4, 0.5) is 10.5 Å². The second-order valence-corrected chi connectivity index (χ2v) is 6.85. The maximum absolute atomic E-state index is 12.4. The number of hydrogen-bond acceptors (Lipinski definition) is 3. The van der Waals surface area contributed by atoms with Gasteiger partial charge in [-0.2, -0.15) is 0 Å². The molecule has 3 rings (SSSR count). The number of carbonyl (C=O) groups excluding carboxylic acids is 2. The van der Waals surface area contributed by atoms with Crippen molar-refractivity contribution in [2.45, 2.75) is 31.8 Å². The third kappa shape index (κ3) is 3.82. The highest BCUT2D eigenvalue weighted by atomic mass is 35.5. The number of urea groups is 1. The second kappa shape index (κ2) is 6.99. The Bertz CT molecular complexity index is 642. The number of carbonyl (C=O) groups is 2. The monoisotopic (exact) mass is 351 g/mol. The number of halogens is 1. The molecule has 0 saturated carbocycles. The summed E-state index contributed by atoms with van der Waals surface area (Å²) in [7, 11) is 0. The van der Waals surface area contributed by atoms with Gasteiger partial charge >= 0.3 is 6.03 Å². The van der Waals surface area contributed by atoms with Gasteiger partial charge < -0.3 is 20.3 Å². The quantitative estimate of drug-likeness (QED) is 0.816. The molecule has 2 aliphatic heterocycles. The number of nitrogens with zero attached hydrogens (tertiary/aromatic N) is 1. The van der Waals surface area contributed by atoms with Crippen LogP contribution in [0.5, 0.6) is 0 Å². The highest BCUT2D eigenvalue weighted by molar-refractivity contribution is 6.31. The first kappa shape index (κ1) is 17.0. The molecule has 6 nitrogen and oxygen atoms in total. The molecule has 0 atom stereocenters. The number of likely N-dealkylation sites (tertiary alicyclic amines) is 1. The Hall–Kier alpha value is -1.79. The molecule has 3 amide bonds. The van der Waals surface area contributed by atoms with Crippen LogP contribution in [0.2, 0.25) is 5.02 Å². The molecule has 0 bridgehead atoms. The van der Waals surface area contributed by atoms with Gasteiger partial charge in [-0.1, -0.05) is 17.7 Å². The van der Waals surface area contributed by atoms with E-state index >= 15 is 0 Å². The van der Waals surface area contributed by atoms with Crippen molar-refractivity contribution in [3.63, 3.8) is 0 Å². The largest absolute Gasteiger partial charge is 0.372 e. The molecular formula is C17H22ClN3O3. The van der Waals surface area contributed by atoms with Crippen LogP contribution in [0.25, 0.3) is 0 Å². The standard InChI is InChI=1S/C17H22ClN3O3/c1-12-2-3-13(10-14(12)18)20-16(23)21-7-4-17(5-8-21)11-15(22)19-6-9-24-17/h2-3,10H,4-9,11H2,1H3,(H,19,22)(H,20,23). The normalized spacial score (nSPS) is 20.4. The average Bonchev–Trinajstić information content (AvgIpc) is 2.73. The third-order valence-corrected chi connectivity index (χ3v) is 5.11. The van der Waals surface area contributed by atoms with E-state index in [1.165, 1.54) is 0 Å². The molecule has 1 spiro atoms. The molecular weight excluding hydrogens is 330 g/mol. The van der Waals surface area contributed by atoms with E-state index in [0.717, 1.165) is 5.56 Å². The summed E-state index contributed by atoms with van der Waals surface area (Å²) in [6.45, 7) is 4.14. The van der Waals surface area contributed by atoms with Gasteiger partial charge in [-0.15, -0.1) is 0 Å². The number of rotatable bonds is 1. The minimum atomic E-state index is -0.426. The van der Waals surface area contributed by atoms with Crippen LogP contribution in [0.15, 0.2) is 18.2 Å². The molecule has 0 radical (unpaired) electrons. The molecule has 130 valence electrons. The van der Waals surface area contributed by atoms with Crippen LogP contribution in [-0.4, -0.2) is 48.7 Å². The zero-order valence-corrected chi connectivity index (χ0v) is 14.5. The first-order valence-electron chi connectivity index (χ1n) is 8.20. The summed E-state index contributed by atoms with van der Waals surface area (Å²) in [5, 5.41) is 6.33. The van der Waals surface area contributed by atoms with Gasteiger partial charge in [-0.05, 0) is 37.5 Å². The summed E-state index contributed by atoms with van der Waals surface area (Å²) < 4.78 is 5.92. The summed E-state index contributed by atoms with van der Waals surface area (Å²) in [6.07, 6.45) is 1.71. The van der Waals surface area contributed by atoms with Crippen LogP contribution in [0.3, 0.4) is 0 Å². The van der Waals surface area contributed by atoms with Crippen LogP contribution in [0.1, 0.15) is 24.8 Å². The molecule has 1 aromatic carbocycles. The van der Waals surface area contributed by atoms with Gasteiger partial charge in [0.05, 0.1) is 18.6 Å². The van der Waals surface area contributed by atoms with Gasteiger partial charge in [0.15, 0.2) is 0 Å². The topological polar surface area (TPSA) is 70.7 Å². The molecule has 0 unspecified atom stereocenters. The van der Waals surface area contributed by atoms with E-state index in [0.29, 0.717) is 56.2 Å². The van der Waals surface area contributed by atoms with Gasteiger partial charge in [-0.25, -0.2) is 4.79 Å². The Morgan fingerprint density at radius 2 is 2.12 bits per heavy atom. The zero-order chi connectivity index (χ0) is 17.2. The number of aryl methyl sites for hydroxylation is 1. The van der Waals surface area contributed by atoms with E-state index < -0.39 is 5.60 Å². The molecule has 0 aromatic heterocycles. The van der Waals surface area contributed by atoms with E-state index in [-0.39, 0.29) is 11.9 Å². The van der Waals surface area contributed by atoms with Crippen molar-refractivity contribution in [1.82, 2.24) is 10.2 Å². The van der Waals surface area contributed by atoms with Gasteiger partial charge in [0.2, 0.25) is 5.91 Å². The fourth-order valence-corrected chi connectivity index (χ4v) is 3.36. The smallest absolute Gasteiger partial charge is 0.321 e. The number of nitrogens with one attached hydrogen (secondary N) is 2. The highest BCUT2D eigenvalue weighted by Crippen LogP contribution is 2.31. The lowest BCUT2D eigenvalue weighted by Gasteiger charge is -2.40. The number of piperidine rings is 1. The van der Waals surface area contributed by atoms with Crippen LogP contribution < -0.4 is 10.6 Å². The van der Waals surface area contributed by atoms with Crippen molar-refractivity contribution in [3.8, 4) is 0 Å². The van der Waals surface area contributed by atoms with Crippen molar-refractivity contribution in [1.29, 1.82) is 0 Å². The SMILES string of the molecule is Cc1ccc(NC(=O)N2CCC3(CC2)CC(=O)NCCO3)cc1Cl. The lowest BCUT2D eigenvalue weighted by Crippen LogP contribution is -2.50. The fraction of sp³-hybridized carbons (Fsp3) is 0.529. The number of ether oxygens (including phenoxy) is 1. The molecule has 2 saturated heterocycles. The van der Waals surface area contributed by atoms with Crippen LogP contribution in [-0.2, 0) is 9.53 Å². The summed E-state index contributed by atoms with van der Waals surface area (Å²) in [5.74, 6) is 0.0275. The van der Waals surface area contributed by atoms with Crippen molar-refractivity contribution in [2.24, 2.45) is 0 Å². The third-order valence-electron chi connectivity index (χ3n) is 4.70. The predicted octanol–water partition coefficient (Wildman–Crippen LogP) is 2.55. The summed E-state index contributed by atoms with van der Waals surface area (Å²) in [5.41, 5.74) is 1.23. The second-order valence-electron chi connectivity index (χ2n) is 6.44. The lowest BCUT2D eigenvalue weighted by atomic mass is 9.87. The molecule has 7 heteroatoms. The fourth-order valence-electron chi connectivity index (χ4n) is 3.18. The van der Waals surface area contributed by atoms with Crippen LogP contribution in [0, 0.1) is 6.92 Å². The van der Waals surface area contributed by atoms with Gasteiger partial charge in [0, 0.05) is 30.3 Å². The van der Waals surface area contributed by atoms with Crippen molar-refractivity contribution < 1.29 is 14.3 Å². The van der Waals surface area contributed by atoms with Gasteiger partial charge in [0.1, 0.15) is 0 Å². The number of anilines is 1. The summed E-state index contributed by atoms with van der Waals surface area (Å²) in [6, 6.07) is 5.31. The van der Waals surface area contributed by atoms with Gasteiger partial charge in [0.25, 0.3) is 0 Å². The number of hydrogen-bond donors (Lipinski definition) is 2. The van der Waals surface area contributed by atoms with E-state index in [4.69, 9.17) is 16.3 Å². The molecule has 2 N–H and O–H groups in total. The zero-order valence-electron chi connectivity index (χ0n) is 13.7. The van der Waals surface area contributed by atoms with E-state index in [1.54, 1.807) is 11.0 Å². The number of benzene rings is 1. The van der Waals surface area contributed by atoms with Gasteiger partial charge in [-0.3, -0.25) is 4.79 Å². The molecule has 1 aromatic rings. The first-order valence-corrected chi connectivity index (χ1v) is 8.58. The van der Waals surface area contributed by atoms with Crippen molar-refractivity contribution >= 4 is 29.2 Å². The predicted molar refractivity (Wildman–Crippen MR) is 92.3 cm³/mol. The minimum absolute atomic E-state index is 0.0275. The average molecular weight is 352 g/mol. The number of amides is 3. The maximum Gasteiger partial charge on any atom is 0.321 e. The Morgan fingerprint density at radius 1 is 1.38 bits per heavy atom. The molecule has 2 fully saturated rings. The molecule has 0 aliphatic carbocycles. The molecule has 2 aliphatic rings. The Morgan fingerprint density at radius 3 is 2.83 bits per heavy atom. The van der Waals surface area contributed by atoms with Crippen molar-refractivity contribution in [2.75, 3.05) is 31.6 Å². The Kier molecular flexibility index (Phi) is 4.96. The summed E-state index contributed by atoms with van der Waals surface area (Å²) >= 11 is 6.09. The van der Waals surface area contributed by atoms with Crippen molar-refractivity contribution in [3.05, 3.63) is 28.8 Å². The lowest BCUT2D eigenvalue weighted by molar-refractivity contribution is -0.127. The minimum Gasteiger partial charge on any atom is -0.372 e. The maximum atomic E-state index is 12.4. The summed E-state index contributed by atoms with van der Waals surface area (Å²) in [4.78, 5) is 25.9. The Balaban J connectivity index is 1.58. The highest BCUT2D eigenvalue weighted by Gasteiger charge is 2.39. The van der Waals surface area contributed by atoms with Crippen LogP contribution >= 0.6 is 11.6 Å². The molecule has 24 heavy (non-hydrogen) atoms. The Labute approximate surface area is 146 Å².